The van der Waals surface area contributed by atoms with Crippen LogP contribution >= 0.6 is 0 Å². The number of hydrogen-bond donors (Lipinski definition) is 4. The van der Waals surface area contributed by atoms with Crippen LogP contribution in [0.5, 0.6) is 0 Å². The third-order valence-corrected chi connectivity index (χ3v) is 1.69. The third kappa shape index (κ3) is 11.6. The molecule has 0 rings (SSSR count). The molecule has 0 aliphatic heterocycles. The third-order valence-electron chi connectivity index (χ3n) is 1.69. The SMILES string of the molecule is CN(C)CCCC(C(=O)O)C(=O)O.[NH4+].[NH4+].[Pt+2]. The van der Waals surface area contributed by atoms with Gasteiger partial charge in [-0.1, -0.05) is 0 Å². The number of carboxylic acids is 2. The smallest absolute Gasteiger partial charge is 0.481 e. The number of nitrogens with zero attached hydrogens (tertiary/aromatic N) is 1. The summed E-state index contributed by atoms with van der Waals surface area (Å²) in [5, 5.41) is 17.0. The first kappa shape index (κ1) is 24.6. The van der Waals surface area contributed by atoms with Gasteiger partial charge in [0, 0.05) is 0 Å². The summed E-state index contributed by atoms with van der Waals surface area (Å²) in [5.41, 5.74) is 0. The first-order chi connectivity index (χ1) is 5.95. The van der Waals surface area contributed by atoms with Gasteiger partial charge in [0.15, 0.2) is 5.92 Å². The fraction of sp³-hybridized carbons (Fsp3) is 0.750. The summed E-state index contributed by atoms with van der Waals surface area (Å²) in [6.45, 7) is 0.705. The molecule has 0 atom stereocenters. The minimum atomic E-state index is -1.26. The van der Waals surface area contributed by atoms with Crippen molar-refractivity contribution in [3.05, 3.63) is 0 Å². The Hall–Kier alpha value is -0.492. The summed E-state index contributed by atoms with van der Waals surface area (Å²) in [6.07, 6.45) is 0.763. The Morgan fingerprint density at radius 1 is 1.12 bits per heavy atom. The molecule has 10 N–H and O–H groups in total. The zero-order valence-corrected chi connectivity index (χ0v) is 12.4. The summed E-state index contributed by atoms with van der Waals surface area (Å²) < 4.78 is 0. The molecule has 0 aromatic carbocycles. The van der Waals surface area contributed by atoms with E-state index in [1.54, 1.807) is 0 Å². The van der Waals surface area contributed by atoms with Crippen molar-refractivity contribution < 1.29 is 40.9 Å². The van der Waals surface area contributed by atoms with Crippen molar-refractivity contribution in [3.63, 3.8) is 0 Å². The van der Waals surface area contributed by atoms with Crippen LogP contribution in [0.3, 0.4) is 0 Å². The van der Waals surface area contributed by atoms with E-state index >= 15 is 0 Å². The minimum absolute atomic E-state index is 0. The Bertz CT molecular complexity index is 188. The van der Waals surface area contributed by atoms with Crippen LogP contribution in [0, 0.1) is 5.92 Å². The van der Waals surface area contributed by atoms with Gasteiger partial charge in [0.1, 0.15) is 0 Å². The maximum atomic E-state index is 10.4. The molecular formula is C8H23N3O4Pt+4. The zero-order chi connectivity index (χ0) is 10.4. The van der Waals surface area contributed by atoms with Crippen molar-refractivity contribution in [2.45, 2.75) is 12.8 Å². The van der Waals surface area contributed by atoms with E-state index in [0.29, 0.717) is 13.0 Å². The van der Waals surface area contributed by atoms with Crippen molar-refractivity contribution >= 4 is 11.9 Å². The molecule has 0 aliphatic rings. The second kappa shape index (κ2) is 12.6. The first-order valence-corrected chi connectivity index (χ1v) is 4.05. The van der Waals surface area contributed by atoms with Crippen LogP contribution in [0.2, 0.25) is 0 Å². The van der Waals surface area contributed by atoms with Crippen molar-refractivity contribution in [3.8, 4) is 0 Å². The second-order valence-corrected chi connectivity index (χ2v) is 3.17. The van der Waals surface area contributed by atoms with Gasteiger partial charge >= 0.3 is 33.0 Å². The number of quaternary nitrogens is 2. The number of aliphatic carboxylic acids is 2. The first-order valence-electron chi connectivity index (χ1n) is 4.05. The van der Waals surface area contributed by atoms with E-state index in [4.69, 9.17) is 10.2 Å². The Morgan fingerprint density at radius 2 is 1.50 bits per heavy atom. The van der Waals surface area contributed by atoms with Crippen molar-refractivity contribution in [1.82, 2.24) is 17.2 Å². The van der Waals surface area contributed by atoms with Gasteiger partial charge in [0.2, 0.25) is 0 Å². The Labute approximate surface area is 110 Å². The van der Waals surface area contributed by atoms with Crippen LogP contribution in [-0.4, -0.2) is 47.7 Å². The summed E-state index contributed by atoms with van der Waals surface area (Å²) in [6, 6.07) is 0. The molecule has 0 aliphatic carbocycles. The average molecular weight is 420 g/mol. The molecule has 0 spiro atoms. The predicted octanol–water partition coefficient (Wildman–Crippen LogP) is 0.864. The fourth-order valence-electron chi connectivity index (χ4n) is 0.964. The zero-order valence-electron chi connectivity index (χ0n) is 10.2. The fourth-order valence-corrected chi connectivity index (χ4v) is 0.964. The van der Waals surface area contributed by atoms with E-state index < -0.39 is 17.9 Å². The van der Waals surface area contributed by atoms with Crippen molar-refractivity contribution in [2.75, 3.05) is 20.6 Å². The topological polar surface area (TPSA) is 151 Å². The quantitative estimate of drug-likeness (QED) is 0.470. The molecule has 0 radical (unpaired) electrons. The number of carbonyl (C=O) groups is 2. The molecule has 8 heteroatoms. The predicted molar refractivity (Wildman–Crippen MR) is 58.5 cm³/mol. The van der Waals surface area contributed by atoms with E-state index in [1.807, 2.05) is 19.0 Å². The molecule has 0 aromatic heterocycles. The Balaban J connectivity index is -0.000000240. The molecule has 0 saturated heterocycles. The second-order valence-electron chi connectivity index (χ2n) is 3.17. The van der Waals surface area contributed by atoms with E-state index in [-0.39, 0.29) is 39.8 Å². The van der Waals surface area contributed by atoms with Gasteiger partial charge in [-0.3, -0.25) is 9.59 Å². The van der Waals surface area contributed by atoms with Crippen molar-refractivity contribution in [2.24, 2.45) is 5.92 Å². The van der Waals surface area contributed by atoms with E-state index in [0.717, 1.165) is 0 Å². The molecule has 0 fully saturated rings. The molecule has 0 saturated carbocycles. The number of hydrogen-bond acceptors (Lipinski definition) is 3. The van der Waals surface area contributed by atoms with Gasteiger partial charge in [-0.15, -0.1) is 0 Å². The van der Waals surface area contributed by atoms with E-state index in [1.165, 1.54) is 0 Å². The Morgan fingerprint density at radius 3 is 1.75 bits per heavy atom. The molecule has 0 unspecified atom stereocenters. The summed E-state index contributed by atoms with van der Waals surface area (Å²) >= 11 is 0. The van der Waals surface area contributed by atoms with Gasteiger partial charge in [0.25, 0.3) is 0 Å². The monoisotopic (exact) mass is 420 g/mol. The molecule has 100 valence electrons. The summed E-state index contributed by atoms with van der Waals surface area (Å²) in [4.78, 5) is 22.7. The summed E-state index contributed by atoms with van der Waals surface area (Å²) in [7, 11) is 3.72. The van der Waals surface area contributed by atoms with Gasteiger partial charge in [0.05, 0.1) is 0 Å². The molecule has 0 aromatic rings. The van der Waals surface area contributed by atoms with E-state index in [2.05, 4.69) is 0 Å². The summed E-state index contributed by atoms with van der Waals surface area (Å²) in [5.74, 6) is -3.78. The van der Waals surface area contributed by atoms with Gasteiger partial charge in [-0.2, -0.15) is 0 Å². The van der Waals surface area contributed by atoms with E-state index in [9.17, 15) is 9.59 Å². The molecule has 0 heterocycles. The van der Waals surface area contributed by atoms with Crippen LogP contribution in [0.4, 0.5) is 0 Å². The largest absolute Gasteiger partial charge is 2.00 e. The Kier molecular flexibility index (Phi) is 19.4. The van der Waals surface area contributed by atoms with Crippen LogP contribution in [0.15, 0.2) is 0 Å². The standard InChI is InChI=1S/C8H15NO4.2H3N.Pt/c1-9(2)5-3-4-6(7(10)11)8(12)13;;;/h6H,3-5H2,1-2H3,(H,10,11)(H,12,13);2*1H3;/q;;;+2/p+2. The maximum absolute atomic E-state index is 10.4. The molecule has 0 bridgehead atoms. The van der Waals surface area contributed by atoms with Crippen LogP contribution in [-0.2, 0) is 30.7 Å². The van der Waals surface area contributed by atoms with Crippen LogP contribution in [0.25, 0.3) is 0 Å². The van der Waals surface area contributed by atoms with Gasteiger partial charge < -0.3 is 27.4 Å². The minimum Gasteiger partial charge on any atom is -0.481 e. The van der Waals surface area contributed by atoms with Gasteiger partial charge in [-0.05, 0) is 33.5 Å². The number of carboxylic acid groups (broad SMARTS) is 2. The average Bonchev–Trinajstić information content (AvgIpc) is 1.95. The van der Waals surface area contributed by atoms with Gasteiger partial charge in [-0.25, -0.2) is 0 Å². The molecule has 16 heavy (non-hydrogen) atoms. The van der Waals surface area contributed by atoms with Crippen LogP contribution in [0.1, 0.15) is 12.8 Å². The maximum Gasteiger partial charge on any atom is 2.00 e. The molecular weight excluding hydrogens is 397 g/mol. The normalized spacial score (nSPS) is 8.75. The molecule has 7 nitrogen and oxygen atoms in total. The molecule has 0 amide bonds. The number of rotatable bonds is 6. The van der Waals surface area contributed by atoms with Crippen molar-refractivity contribution in [1.29, 1.82) is 0 Å². The van der Waals surface area contributed by atoms with Crippen LogP contribution < -0.4 is 12.3 Å².